The molecule has 138 valence electrons. The molecule has 4 rings (SSSR count). The van der Waals surface area contributed by atoms with Gasteiger partial charge in [0.2, 0.25) is 5.91 Å². The number of carbonyl (C=O) groups excluding carboxylic acids is 1. The molecule has 1 amide bonds. The molecule has 1 fully saturated rings. The molecule has 0 aliphatic carbocycles. The van der Waals surface area contributed by atoms with E-state index in [1.165, 1.54) is 11.8 Å². The zero-order valence-corrected chi connectivity index (χ0v) is 15.6. The fourth-order valence-electron chi connectivity index (χ4n) is 2.90. The van der Waals surface area contributed by atoms with Gasteiger partial charge in [0.25, 0.3) is 0 Å². The Labute approximate surface area is 162 Å². The smallest absolute Gasteiger partial charge is 0.233 e. The van der Waals surface area contributed by atoms with Gasteiger partial charge in [-0.1, -0.05) is 42.1 Å². The molecule has 1 saturated heterocycles. The number of rotatable bonds is 5. The summed E-state index contributed by atoms with van der Waals surface area (Å²) in [4.78, 5) is 23.5. The van der Waals surface area contributed by atoms with Gasteiger partial charge in [-0.2, -0.15) is 0 Å². The molecule has 27 heavy (non-hydrogen) atoms. The number of fused-ring (bicyclic) bond motifs is 1. The van der Waals surface area contributed by atoms with Gasteiger partial charge in [0.15, 0.2) is 5.16 Å². The number of thioether (sulfide) groups is 1. The lowest BCUT2D eigenvalue weighted by Gasteiger charge is -2.26. The first-order chi connectivity index (χ1) is 13.3. The van der Waals surface area contributed by atoms with Crippen LogP contribution in [0.2, 0.25) is 0 Å². The molecule has 0 spiro atoms. The van der Waals surface area contributed by atoms with Gasteiger partial charge in [-0.25, -0.2) is 9.97 Å². The molecule has 2 heterocycles. The number of aromatic nitrogens is 2. The fraction of sp³-hybridized carbons (Fsp3) is 0.250. The minimum atomic E-state index is 0.0950. The molecule has 1 aliphatic heterocycles. The maximum absolute atomic E-state index is 12.4. The SMILES string of the molecule is O=C(CSc1nc(Nc2ccccc2)c2ccccc2n1)N1CCOCC1. The van der Waals surface area contributed by atoms with Crippen molar-refractivity contribution in [3.05, 3.63) is 54.6 Å². The molecule has 6 nitrogen and oxygen atoms in total. The second-order valence-electron chi connectivity index (χ2n) is 6.14. The number of para-hydroxylation sites is 2. The number of hydrogen-bond acceptors (Lipinski definition) is 6. The summed E-state index contributed by atoms with van der Waals surface area (Å²) >= 11 is 1.37. The van der Waals surface area contributed by atoms with Crippen LogP contribution in [0, 0.1) is 0 Å². The third-order valence-corrected chi connectivity index (χ3v) is 5.14. The van der Waals surface area contributed by atoms with Crippen molar-refractivity contribution in [1.82, 2.24) is 14.9 Å². The van der Waals surface area contributed by atoms with E-state index >= 15 is 0 Å². The summed E-state index contributed by atoms with van der Waals surface area (Å²) in [6.45, 7) is 2.51. The van der Waals surface area contributed by atoms with Crippen molar-refractivity contribution in [3.8, 4) is 0 Å². The third kappa shape index (κ3) is 4.37. The van der Waals surface area contributed by atoms with E-state index in [0.29, 0.717) is 37.2 Å². The summed E-state index contributed by atoms with van der Waals surface area (Å²) in [7, 11) is 0. The standard InChI is InChI=1S/C20H20N4O2S/c25-18(24-10-12-26-13-11-24)14-27-20-22-17-9-5-4-8-16(17)19(23-20)21-15-6-2-1-3-7-15/h1-9H,10-14H2,(H,21,22,23). The highest BCUT2D eigenvalue weighted by atomic mass is 32.2. The van der Waals surface area contributed by atoms with Crippen LogP contribution < -0.4 is 5.32 Å². The molecule has 1 aliphatic rings. The summed E-state index contributed by atoms with van der Waals surface area (Å²) in [6, 6.07) is 17.8. The molecule has 0 bridgehead atoms. The molecule has 0 radical (unpaired) electrons. The van der Waals surface area contributed by atoms with Crippen LogP contribution in [0.5, 0.6) is 0 Å². The molecule has 7 heteroatoms. The van der Waals surface area contributed by atoms with Gasteiger partial charge in [0.05, 0.1) is 24.5 Å². The first kappa shape index (κ1) is 17.8. The van der Waals surface area contributed by atoms with Gasteiger partial charge in [-0.3, -0.25) is 4.79 Å². The zero-order valence-electron chi connectivity index (χ0n) is 14.8. The lowest BCUT2D eigenvalue weighted by molar-refractivity contribution is -0.132. The number of anilines is 2. The fourth-order valence-corrected chi connectivity index (χ4v) is 3.66. The van der Waals surface area contributed by atoms with E-state index in [-0.39, 0.29) is 5.91 Å². The molecule has 2 aromatic carbocycles. The highest BCUT2D eigenvalue weighted by Gasteiger charge is 2.18. The number of morpholine rings is 1. The molecular weight excluding hydrogens is 360 g/mol. The van der Waals surface area contributed by atoms with E-state index < -0.39 is 0 Å². The van der Waals surface area contributed by atoms with Gasteiger partial charge < -0.3 is 15.0 Å². The van der Waals surface area contributed by atoms with Crippen molar-refractivity contribution < 1.29 is 9.53 Å². The van der Waals surface area contributed by atoms with Crippen LogP contribution in [-0.4, -0.2) is 52.8 Å². The number of amides is 1. The quantitative estimate of drug-likeness (QED) is 0.541. The normalized spacial score (nSPS) is 14.3. The number of nitrogens with one attached hydrogen (secondary N) is 1. The number of ether oxygens (including phenoxy) is 1. The number of nitrogens with zero attached hydrogens (tertiary/aromatic N) is 3. The van der Waals surface area contributed by atoms with Crippen LogP contribution in [0.1, 0.15) is 0 Å². The lowest BCUT2D eigenvalue weighted by atomic mass is 10.2. The Morgan fingerprint density at radius 2 is 1.78 bits per heavy atom. The van der Waals surface area contributed by atoms with E-state index in [9.17, 15) is 4.79 Å². The highest BCUT2D eigenvalue weighted by Crippen LogP contribution is 2.27. The molecular formula is C20H20N4O2S. The Hall–Kier alpha value is -2.64. The van der Waals surface area contributed by atoms with Gasteiger partial charge in [-0.05, 0) is 24.3 Å². The maximum atomic E-state index is 12.4. The Balaban J connectivity index is 1.55. The second-order valence-corrected chi connectivity index (χ2v) is 7.09. The molecule has 0 saturated carbocycles. The lowest BCUT2D eigenvalue weighted by Crippen LogP contribution is -2.41. The topological polar surface area (TPSA) is 67.4 Å². The van der Waals surface area contributed by atoms with E-state index in [0.717, 1.165) is 22.4 Å². The molecule has 3 aromatic rings. The van der Waals surface area contributed by atoms with E-state index in [1.54, 1.807) is 0 Å². The predicted octanol–water partition coefficient (Wildman–Crippen LogP) is 3.32. The van der Waals surface area contributed by atoms with Crippen molar-refractivity contribution in [2.24, 2.45) is 0 Å². The third-order valence-electron chi connectivity index (χ3n) is 4.31. The van der Waals surface area contributed by atoms with Crippen molar-refractivity contribution in [1.29, 1.82) is 0 Å². The van der Waals surface area contributed by atoms with E-state index in [2.05, 4.69) is 15.3 Å². The summed E-state index contributed by atoms with van der Waals surface area (Å²) in [6.07, 6.45) is 0. The van der Waals surface area contributed by atoms with Crippen molar-refractivity contribution >= 4 is 40.1 Å². The Bertz CT molecular complexity index is 930. The summed E-state index contributed by atoms with van der Waals surface area (Å²) in [5, 5.41) is 4.90. The van der Waals surface area contributed by atoms with Crippen LogP contribution >= 0.6 is 11.8 Å². The van der Waals surface area contributed by atoms with Crippen molar-refractivity contribution in [2.75, 3.05) is 37.4 Å². The zero-order chi connectivity index (χ0) is 18.5. The van der Waals surface area contributed by atoms with Crippen LogP contribution in [0.3, 0.4) is 0 Å². The van der Waals surface area contributed by atoms with E-state index in [1.807, 2.05) is 59.5 Å². The van der Waals surface area contributed by atoms with Gasteiger partial charge in [0.1, 0.15) is 5.82 Å². The Morgan fingerprint density at radius 1 is 1.04 bits per heavy atom. The molecule has 0 atom stereocenters. The predicted molar refractivity (Wildman–Crippen MR) is 107 cm³/mol. The Kier molecular flexibility index (Phi) is 5.50. The molecule has 0 unspecified atom stereocenters. The van der Waals surface area contributed by atoms with Crippen molar-refractivity contribution in [3.63, 3.8) is 0 Å². The van der Waals surface area contributed by atoms with Crippen LogP contribution in [0.4, 0.5) is 11.5 Å². The number of carbonyl (C=O) groups is 1. The molecule has 1 aromatic heterocycles. The minimum Gasteiger partial charge on any atom is -0.378 e. The average Bonchev–Trinajstić information content (AvgIpc) is 2.73. The van der Waals surface area contributed by atoms with Gasteiger partial charge >= 0.3 is 0 Å². The van der Waals surface area contributed by atoms with Crippen LogP contribution in [0.15, 0.2) is 59.8 Å². The first-order valence-electron chi connectivity index (χ1n) is 8.87. The summed E-state index contributed by atoms with van der Waals surface area (Å²) in [5.41, 5.74) is 1.81. The first-order valence-corrected chi connectivity index (χ1v) is 9.85. The minimum absolute atomic E-state index is 0.0950. The van der Waals surface area contributed by atoms with Gasteiger partial charge in [-0.15, -0.1) is 0 Å². The number of hydrogen-bond donors (Lipinski definition) is 1. The molecule has 1 N–H and O–H groups in total. The van der Waals surface area contributed by atoms with E-state index in [4.69, 9.17) is 4.74 Å². The Morgan fingerprint density at radius 3 is 2.59 bits per heavy atom. The number of benzene rings is 2. The summed E-state index contributed by atoms with van der Waals surface area (Å²) in [5.74, 6) is 1.16. The van der Waals surface area contributed by atoms with Crippen molar-refractivity contribution in [2.45, 2.75) is 5.16 Å². The summed E-state index contributed by atoms with van der Waals surface area (Å²) < 4.78 is 5.30. The highest BCUT2D eigenvalue weighted by molar-refractivity contribution is 7.99. The second kappa shape index (κ2) is 8.37. The van der Waals surface area contributed by atoms with Crippen LogP contribution in [0.25, 0.3) is 10.9 Å². The maximum Gasteiger partial charge on any atom is 0.233 e. The van der Waals surface area contributed by atoms with Gasteiger partial charge in [0, 0.05) is 24.2 Å². The largest absolute Gasteiger partial charge is 0.378 e. The van der Waals surface area contributed by atoms with Crippen LogP contribution in [-0.2, 0) is 9.53 Å². The average molecular weight is 380 g/mol. The monoisotopic (exact) mass is 380 g/mol.